The van der Waals surface area contributed by atoms with Gasteiger partial charge in [-0.1, -0.05) is 5.16 Å². The standard InChI is InChI=1S/C19H24N4O3/c24-19(23-7-1-2-8-23)4-3-15-10-18(26-22-15)14-9-17(12-20-11-14)25-13-16-5-6-21-16/h9-12,16,21H,1-8,13H2/t16-/m0/s1. The number of rotatable bonds is 7. The summed E-state index contributed by atoms with van der Waals surface area (Å²) in [5, 5.41) is 7.40. The van der Waals surface area contributed by atoms with Gasteiger partial charge in [-0.15, -0.1) is 0 Å². The summed E-state index contributed by atoms with van der Waals surface area (Å²) in [6.45, 7) is 3.48. The molecule has 0 aliphatic carbocycles. The number of carbonyl (C=O) groups is 1. The smallest absolute Gasteiger partial charge is 0.222 e. The van der Waals surface area contributed by atoms with Gasteiger partial charge in [-0.2, -0.15) is 0 Å². The third-order valence-electron chi connectivity index (χ3n) is 4.99. The second-order valence-corrected chi connectivity index (χ2v) is 6.93. The van der Waals surface area contributed by atoms with Gasteiger partial charge in [0.25, 0.3) is 0 Å². The molecule has 4 heterocycles. The molecule has 1 atom stereocenters. The Morgan fingerprint density at radius 2 is 2.15 bits per heavy atom. The Morgan fingerprint density at radius 3 is 2.92 bits per heavy atom. The summed E-state index contributed by atoms with van der Waals surface area (Å²) < 4.78 is 11.2. The van der Waals surface area contributed by atoms with E-state index in [0.29, 0.717) is 31.3 Å². The average Bonchev–Trinajstić information content (AvgIpc) is 3.30. The Morgan fingerprint density at radius 1 is 1.31 bits per heavy atom. The van der Waals surface area contributed by atoms with Crippen molar-refractivity contribution in [2.45, 2.75) is 38.1 Å². The van der Waals surface area contributed by atoms with E-state index in [9.17, 15) is 4.79 Å². The van der Waals surface area contributed by atoms with Crippen LogP contribution >= 0.6 is 0 Å². The maximum Gasteiger partial charge on any atom is 0.222 e. The largest absolute Gasteiger partial charge is 0.490 e. The summed E-state index contributed by atoms with van der Waals surface area (Å²) in [5.74, 6) is 1.57. The Labute approximate surface area is 152 Å². The van der Waals surface area contributed by atoms with Crippen molar-refractivity contribution in [2.75, 3.05) is 26.2 Å². The average molecular weight is 356 g/mol. The number of amides is 1. The molecular weight excluding hydrogens is 332 g/mol. The van der Waals surface area contributed by atoms with Crippen molar-refractivity contribution < 1.29 is 14.1 Å². The number of nitrogens with one attached hydrogen (secondary N) is 1. The molecule has 2 aromatic heterocycles. The van der Waals surface area contributed by atoms with E-state index in [4.69, 9.17) is 9.26 Å². The lowest BCUT2D eigenvalue weighted by atomic mass is 10.1. The summed E-state index contributed by atoms with van der Waals surface area (Å²) >= 11 is 0. The van der Waals surface area contributed by atoms with Gasteiger partial charge in [-0.25, -0.2) is 0 Å². The third kappa shape index (κ3) is 4.04. The van der Waals surface area contributed by atoms with Gasteiger partial charge in [0.15, 0.2) is 5.76 Å². The molecule has 0 radical (unpaired) electrons. The molecule has 26 heavy (non-hydrogen) atoms. The number of aromatic nitrogens is 2. The van der Waals surface area contributed by atoms with Crippen LogP contribution in [0.3, 0.4) is 0 Å². The summed E-state index contributed by atoms with van der Waals surface area (Å²) in [6, 6.07) is 4.22. The van der Waals surface area contributed by atoms with E-state index in [1.165, 1.54) is 0 Å². The highest BCUT2D eigenvalue weighted by Gasteiger charge is 2.19. The Hall–Kier alpha value is -2.41. The molecule has 7 nitrogen and oxygen atoms in total. The van der Waals surface area contributed by atoms with Crippen molar-refractivity contribution in [3.8, 4) is 17.1 Å². The Balaban J connectivity index is 1.33. The zero-order chi connectivity index (χ0) is 17.8. The highest BCUT2D eigenvalue weighted by molar-refractivity contribution is 5.76. The highest BCUT2D eigenvalue weighted by Crippen LogP contribution is 2.24. The number of carbonyl (C=O) groups excluding carboxylic acids is 1. The van der Waals surface area contributed by atoms with E-state index in [1.807, 2.05) is 17.0 Å². The second kappa shape index (κ2) is 7.86. The molecule has 1 amide bonds. The van der Waals surface area contributed by atoms with Crippen LogP contribution in [-0.4, -0.2) is 53.2 Å². The zero-order valence-electron chi connectivity index (χ0n) is 14.8. The van der Waals surface area contributed by atoms with Crippen molar-refractivity contribution in [1.82, 2.24) is 20.4 Å². The van der Waals surface area contributed by atoms with Gasteiger partial charge >= 0.3 is 0 Å². The molecule has 0 saturated carbocycles. The minimum Gasteiger partial charge on any atom is -0.490 e. The molecule has 2 aliphatic heterocycles. The maximum atomic E-state index is 12.1. The number of ether oxygens (including phenoxy) is 1. The molecule has 1 N–H and O–H groups in total. The van der Waals surface area contributed by atoms with Crippen LogP contribution < -0.4 is 10.1 Å². The minimum absolute atomic E-state index is 0.203. The van der Waals surface area contributed by atoms with E-state index in [2.05, 4.69) is 15.5 Å². The highest BCUT2D eigenvalue weighted by atomic mass is 16.5. The molecule has 2 aromatic rings. The molecule has 0 spiro atoms. The Kier molecular flexibility index (Phi) is 5.15. The molecule has 2 aliphatic rings. The number of pyridine rings is 1. The second-order valence-electron chi connectivity index (χ2n) is 6.93. The topological polar surface area (TPSA) is 80.5 Å². The first-order valence-corrected chi connectivity index (χ1v) is 9.33. The monoisotopic (exact) mass is 356 g/mol. The van der Waals surface area contributed by atoms with Crippen LogP contribution in [0.25, 0.3) is 11.3 Å². The first-order chi connectivity index (χ1) is 12.8. The fraction of sp³-hybridized carbons (Fsp3) is 0.526. The molecule has 0 bridgehead atoms. The van der Waals surface area contributed by atoms with Crippen molar-refractivity contribution >= 4 is 5.91 Å². The fourth-order valence-electron chi connectivity index (χ4n) is 3.25. The number of hydrogen-bond donors (Lipinski definition) is 1. The van der Waals surface area contributed by atoms with Crippen LogP contribution in [-0.2, 0) is 11.2 Å². The van der Waals surface area contributed by atoms with Crippen LogP contribution in [0.5, 0.6) is 5.75 Å². The van der Waals surface area contributed by atoms with Gasteiger partial charge in [0.05, 0.1) is 11.9 Å². The number of nitrogens with zero attached hydrogens (tertiary/aromatic N) is 3. The van der Waals surface area contributed by atoms with Crippen LogP contribution in [0, 0.1) is 0 Å². The van der Waals surface area contributed by atoms with E-state index < -0.39 is 0 Å². The zero-order valence-corrected chi connectivity index (χ0v) is 14.8. The van der Waals surface area contributed by atoms with Gasteiger partial charge in [-0.05, 0) is 31.9 Å². The van der Waals surface area contributed by atoms with Crippen molar-refractivity contribution in [2.24, 2.45) is 0 Å². The molecule has 4 rings (SSSR count). The summed E-state index contributed by atoms with van der Waals surface area (Å²) in [6.07, 6.45) is 7.87. The molecule has 7 heteroatoms. The number of hydrogen-bond acceptors (Lipinski definition) is 6. The van der Waals surface area contributed by atoms with Crippen LogP contribution in [0.4, 0.5) is 0 Å². The molecule has 2 fully saturated rings. The fourth-order valence-corrected chi connectivity index (χ4v) is 3.25. The molecule has 0 aromatic carbocycles. The summed E-state index contributed by atoms with van der Waals surface area (Å²) in [5.41, 5.74) is 1.62. The minimum atomic E-state index is 0.203. The van der Waals surface area contributed by atoms with Crippen molar-refractivity contribution in [3.05, 3.63) is 30.2 Å². The normalized spacial score (nSPS) is 19.4. The van der Waals surface area contributed by atoms with E-state index >= 15 is 0 Å². The van der Waals surface area contributed by atoms with Gasteiger partial charge in [0.1, 0.15) is 12.4 Å². The van der Waals surface area contributed by atoms with Gasteiger partial charge in [0.2, 0.25) is 5.91 Å². The van der Waals surface area contributed by atoms with E-state index in [0.717, 1.165) is 55.9 Å². The lowest BCUT2D eigenvalue weighted by Crippen LogP contribution is -2.46. The number of aryl methyl sites for hydroxylation is 1. The van der Waals surface area contributed by atoms with Gasteiger partial charge in [-0.3, -0.25) is 9.78 Å². The predicted molar refractivity (Wildman–Crippen MR) is 95.8 cm³/mol. The molecular formula is C19H24N4O3. The maximum absolute atomic E-state index is 12.1. The summed E-state index contributed by atoms with van der Waals surface area (Å²) in [4.78, 5) is 18.3. The summed E-state index contributed by atoms with van der Waals surface area (Å²) in [7, 11) is 0. The van der Waals surface area contributed by atoms with E-state index in [1.54, 1.807) is 12.4 Å². The molecule has 138 valence electrons. The van der Waals surface area contributed by atoms with Gasteiger partial charge < -0.3 is 19.5 Å². The van der Waals surface area contributed by atoms with Crippen LogP contribution in [0.2, 0.25) is 0 Å². The lowest BCUT2D eigenvalue weighted by Gasteiger charge is -2.27. The SMILES string of the molecule is O=C(CCc1cc(-c2cncc(OC[C@@H]3CCN3)c2)on1)N1CCCC1. The third-order valence-corrected chi connectivity index (χ3v) is 4.99. The lowest BCUT2D eigenvalue weighted by molar-refractivity contribution is -0.130. The Bertz CT molecular complexity index is 751. The first kappa shape index (κ1) is 17.0. The van der Waals surface area contributed by atoms with Crippen LogP contribution in [0.1, 0.15) is 31.4 Å². The van der Waals surface area contributed by atoms with Gasteiger partial charge in [0, 0.05) is 49.8 Å². The molecule has 2 saturated heterocycles. The van der Waals surface area contributed by atoms with Crippen molar-refractivity contribution in [1.29, 1.82) is 0 Å². The first-order valence-electron chi connectivity index (χ1n) is 9.33. The number of likely N-dealkylation sites (tertiary alicyclic amines) is 1. The quantitative estimate of drug-likeness (QED) is 0.818. The van der Waals surface area contributed by atoms with Crippen molar-refractivity contribution in [3.63, 3.8) is 0 Å². The predicted octanol–water partition coefficient (Wildman–Crippen LogP) is 2.03. The van der Waals surface area contributed by atoms with Crippen LogP contribution in [0.15, 0.2) is 29.0 Å². The van der Waals surface area contributed by atoms with E-state index in [-0.39, 0.29) is 5.91 Å². The molecule has 0 unspecified atom stereocenters.